The van der Waals surface area contributed by atoms with Crippen LogP contribution in [0.1, 0.15) is 56.5 Å². The van der Waals surface area contributed by atoms with E-state index in [9.17, 15) is 14.3 Å². The van der Waals surface area contributed by atoms with Gasteiger partial charge in [-0.15, -0.1) is 0 Å². The largest absolute Gasteiger partial charge is 0.391 e. The van der Waals surface area contributed by atoms with Crippen molar-refractivity contribution in [2.45, 2.75) is 64.1 Å². The van der Waals surface area contributed by atoms with E-state index in [1.807, 2.05) is 51.1 Å². The van der Waals surface area contributed by atoms with Gasteiger partial charge >= 0.3 is 0 Å². The van der Waals surface area contributed by atoms with Crippen LogP contribution >= 0.6 is 0 Å². The number of amides is 1. The molecule has 0 spiro atoms. The number of hydrazone groups is 1. The second kappa shape index (κ2) is 9.74. The predicted octanol–water partition coefficient (Wildman–Crippen LogP) is 4.76. The number of rotatable bonds is 6. The average molecular weight is 505 g/mol. The Morgan fingerprint density at radius 2 is 1.95 bits per heavy atom. The summed E-state index contributed by atoms with van der Waals surface area (Å²) >= 11 is 0. The zero-order valence-electron chi connectivity index (χ0n) is 21.6. The highest BCUT2D eigenvalue weighted by Gasteiger charge is 2.45. The number of aliphatic hydroxyl groups excluding tert-OH is 1. The third kappa shape index (κ3) is 4.78. The molecule has 0 radical (unpaired) electrons. The summed E-state index contributed by atoms with van der Waals surface area (Å²) in [5.41, 5.74) is 6.74. The van der Waals surface area contributed by atoms with E-state index in [1.54, 1.807) is 23.1 Å². The van der Waals surface area contributed by atoms with Crippen LogP contribution in [0.15, 0.2) is 64.2 Å². The van der Waals surface area contributed by atoms with E-state index < -0.39 is 17.6 Å². The van der Waals surface area contributed by atoms with Gasteiger partial charge in [-0.2, -0.15) is 5.10 Å². The Kier molecular flexibility index (Phi) is 6.62. The van der Waals surface area contributed by atoms with Gasteiger partial charge in [0.15, 0.2) is 0 Å². The summed E-state index contributed by atoms with van der Waals surface area (Å²) in [4.78, 5) is 15.5. The number of aliphatic hydroxyl groups is 1. The summed E-state index contributed by atoms with van der Waals surface area (Å²) in [6.45, 7) is 8.12. The zero-order valence-corrected chi connectivity index (χ0v) is 21.6. The number of carbonyl (C=O) groups is 1. The van der Waals surface area contributed by atoms with Crippen molar-refractivity contribution in [3.63, 3.8) is 0 Å². The molecule has 1 amide bonds. The highest BCUT2D eigenvalue weighted by atomic mass is 19.1. The lowest BCUT2D eigenvalue weighted by molar-refractivity contribution is -0.134. The number of halogens is 1. The molecule has 0 saturated carbocycles. The van der Waals surface area contributed by atoms with Crippen molar-refractivity contribution in [3.05, 3.63) is 77.4 Å². The molecule has 7 nitrogen and oxygen atoms in total. The smallest absolute Gasteiger partial charge is 0.234 e. The van der Waals surface area contributed by atoms with Gasteiger partial charge in [-0.25, -0.2) is 4.39 Å². The molecule has 8 heteroatoms. The number of likely N-dealkylation sites (tertiary alicyclic amines) is 1. The van der Waals surface area contributed by atoms with Crippen LogP contribution in [-0.2, 0) is 10.3 Å². The van der Waals surface area contributed by atoms with Gasteiger partial charge in [-0.1, -0.05) is 61.5 Å². The van der Waals surface area contributed by atoms with Crippen molar-refractivity contribution in [2.24, 2.45) is 11.0 Å². The maximum atomic E-state index is 14.2. The summed E-state index contributed by atoms with van der Waals surface area (Å²) in [6, 6.07) is 16.0. The number of nitrogens with zero attached hydrogens (tertiary/aromatic N) is 3. The molecule has 1 unspecified atom stereocenters. The average Bonchev–Trinajstić information content (AvgIpc) is 3.58. The first kappa shape index (κ1) is 25.1. The van der Waals surface area contributed by atoms with Crippen LogP contribution in [-0.4, -0.2) is 45.5 Å². The normalized spacial score (nSPS) is 24.3. The van der Waals surface area contributed by atoms with Gasteiger partial charge in [-0.3, -0.25) is 10.2 Å². The number of nitrogens with one attached hydrogen (secondary N) is 1. The van der Waals surface area contributed by atoms with Crippen LogP contribution in [0.2, 0.25) is 0 Å². The molecule has 3 aromatic rings. The molecule has 5 rings (SSSR count). The minimum Gasteiger partial charge on any atom is -0.391 e. The Balaban J connectivity index is 1.35. The monoisotopic (exact) mass is 504 g/mol. The molecule has 1 fully saturated rings. The van der Waals surface area contributed by atoms with Crippen LogP contribution in [0.5, 0.6) is 0 Å². The zero-order chi connectivity index (χ0) is 26.3. The first-order chi connectivity index (χ1) is 17.7. The molecule has 4 atom stereocenters. The maximum Gasteiger partial charge on any atom is 0.234 e. The Morgan fingerprint density at radius 3 is 2.59 bits per heavy atom. The molecule has 2 N–H and O–H groups in total. The number of benzene rings is 2. The fourth-order valence-corrected chi connectivity index (χ4v) is 5.53. The van der Waals surface area contributed by atoms with Crippen LogP contribution in [0, 0.1) is 18.7 Å². The summed E-state index contributed by atoms with van der Waals surface area (Å²) in [6.07, 6.45) is 0.406. The van der Waals surface area contributed by atoms with Gasteiger partial charge in [0, 0.05) is 31.0 Å². The lowest BCUT2D eigenvalue weighted by atomic mass is 9.85. The minimum absolute atomic E-state index is 0.000108. The lowest BCUT2D eigenvalue weighted by Crippen LogP contribution is -2.44. The molecule has 2 aliphatic heterocycles. The van der Waals surface area contributed by atoms with Crippen molar-refractivity contribution in [2.75, 3.05) is 6.54 Å². The third-order valence-electron chi connectivity index (χ3n) is 7.52. The Bertz CT molecular complexity index is 1320. The molecule has 1 saturated heterocycles. The molecule has 37 heavy (non-hydrogen) atoms. The van der Waals surface area contributed by atoms with E-state index in [1.165, 1.54) is 6.07 Å². The van der Waals surface area contributed by atoms with Crippen LogP contribution in [0.4, 0.5) is 4.39 Å². The van der Waals surface area contributed by atoms with Gasteiger partial charge in [0.25, 0.3) is 0 Å². The van der Waals surface area contributed by atoms with E-state index in [0.717, 1.165) is 22.5 Å². The van der Waals surface area contributed by atoms with E-state index >= 15 is 0 Å². The second-order valence-corrected chi connectivity index (χ2v) is 10.8. The number of β-amino-alcohol motifs (C(OH)–C–C–N with tert-alkyl or cyclic N) is 1. The molecule has 2 aliphatic rings. The van der Waals surface area contributed by atoms with E-state index in [-0.39, 0.29) is 30.2 Å². The molecule has 1 aromatic heterocycles. The van der Waals surface area contributed by atoms with Gasteiger partial charge < -0.3 is 14.5 Å². The fourth-order valence-electron chi connectivity index (χ4n) is 5.53. The fraction of sp³-hybridized carbons (Fsp3) is 0.414. The summed E-state index contributed by atoms with van der Waals surface area (Å²) in [5, 5.41) is 19.2. The van der Waals surface area contributed by atoms with Crippen LogP contribution in [0.3, 0.4) is 0 Å². The first-order valence-corrected chi connectivity index (χ1v) is 12.8. The highest BCUT2D eigenvalue weighted by molar-refractivity contribution is 5.96. The van der Waals surface area contributed by atoms with Gasteiger partial charge in [0.2, 0.25) is 5.91 Å². The Hall–Kier alpha value is -3.52. The van der Waals surface area contributed by atoms with Crippen LogP contribution < -0.4 is 5.43 Å². The van der Waals surface area contributed by atoms with Gasteiger partial charge in [0.05, 0.1) is 29.1 Å². The van der Waals surface area contributed by atoms with E-state index in [4.69, 9.17) is 4.52 Å². The first-order valence-electron chi connectivity index (χ1n) is 12.8. The second-order valence-electron chi connectivity index (χ2n) is 10.8. The number of carbonyl (C=O) groups excluding carboxylic acids is 1. The lowest BCUT2D eigenvalue weighted by Gasteiger charge is -2.30. The van der Waals surface area contributed by atoms with Crippen molar-refractivity contribution < 1.29 is 18.8 Å². The maximum absolute atomic E-state index is 14.2. The van der Waals surface area contributed by atoms with Crippen molar-refractivity contribution in [1.82, 2.24) is 15.5 Å². The van der Waals surface area contributed by atoms with Gasteiger partial charge in [0.1, 0.15) is 17.5 Å². The standard InChI is InChI=1S/C29H33FN4O3/c1-17(2)27(26-13-18(3)32-37-26)28(36)34-16-21(35)14-25(34)24-15-29(4,33-31-24)20-11-9-19(10-12-20)22-7-5-6-8-23(22)30/h5-13,17,21,25,27,33,35H,14-16H2,1-4H3/t21-,25+,27+,29?/m1/s1. The summed E-state index contributed by atoms with van der Waals surface area (Å²) in [7, 11) is 0. The third-order valence-corrected chi connectivity index (χ3v) is 7.52. The van der Waals surface area contributed by atoms with Gasteiger partial charge in [-0.05, 0) is 37.0 Å². The quantitative estimate of drug-likeness (QED) is 0.505. The highest BCUT2D eigenvalue weighted by Crippen LogP contribution is 2.36. The predicted molar refractivity (Wildman–Crippen MR) is 139 cm³/mol. The Morgan fingerprint density at radius 1 is 1.22 bits per heavy atom. The topological polar surface area (TPSA) is 91.0 Å². The number of hydrogen-bond donors (Lipinski definition) is 2. The Labute approximate surface area is 216 Å². The number of hydrogen-bond acceptors (Lipinski definition) is 6. The van der Waals surface area contributed by atoms with E-state index in [0.29, 0.717) is 24.2 Å². The molecular formula is C29H33FN4O3. The molecule has 0 aliphatic carbocycles. The van der Waals surface area contributed by atoms with Crippen LogP contribution in [0.25, 0.3) is 11.1 Å². The molecule has 3 heterocycles. The van der Waals surface area contributed by atoms with Crippen molar-refractivity contribution in [1.29, 1.82) is 0 Å². The number of aryl methyl sites for hydroxylation is 1. The van der Waals surface area contributed by atoms with E-state index in [2.05, 4.69) is 22.6 Å². The van der Waals surface area contributed by atoms with Crippen molar-refractivity contribution in [3.8, 4) is 11.1 Å². The minimum atomic E-state index is -0.618. The molecule has 0 bridgehead atoms. The molecule has 2 aromatic carbocycles. The SMILES string of the molecule is Cc1cc([C@@H](C(=O)N2C[C@H](O)C[C@H]2C2=NNC(C)(c3ccc(-c4ccccc4F)cc3)C2)C(C)C)on1. The van der Waals surface area contributed by atoms with Crippen molar-refractivity contribution >= 4 is 11.6 Å². The molecule has 194 valence electrons. The molecular weight excluding hydrogens is 471 g/mol. The summed E-state index contributed by atoms with van der Waals surface area (Å²) < 4.78 is 19.7. The number of aromatic nitrogens is 1. The summed E-state index contributed by atoms with van der Waals surface area (Å²) in [5.74, 6) is -0.278.